The van der Waals surface area contributed by atoms with E-state index in [1.54, 1.807) is 0 Å². The zero-order chi connectivity index (χ0) is 34.6. The predicted molar refractivity (Wildman–Crippen MR) is 221 cm³/mol. The van der Waals surface area contributed by atoms with E-state index >= 15 is 0 Å². The Morgan fingerprint density at radius 3 is 2.43 bits per heavy atom. The van der Waals surface area contributed by atoms with Crippen LogP contribution in [0.25, 0.3) is 71.9 Å². The van der Waals surface area contributed by atoms with Gasteiger partial charge in [0.1, 0.15) is 5.58 Å². The minimum absolute atomic E-state index is 0.352. The fourth-order valence-electron chi connectivity index (χ4n) is 9.68. The van der Waals surface area contributed by atoms with Gasteiger partial charge in [-0.2, -0.15) is 0 Å². The van der Waals surface area contributed by atoms with Gasteiger partial charge in [0, 0.05) is 44.5 Å². The largest absolute Gasteiger partial charge is 0.454 e. The SMILES string of the molecule is C1=Cc2cc3cccc4c3c(c2CC1)C1=CC(N(c2ccc3c(c2)c2ccccc2n3-c2ccccc2)c2cccc3c2oc2ccccc23)=CCC14. The van der Waals surface area contributed by atoms with Crippen LogP contribution in [-0.2, 0) is 6.42 Å². The zero-order valence-corrected chi connectivity index (χ0v) is 29.1. The zero-order valence-electron chi connectivity index (χ0n) is 29.1. The molecule has 2 heterocycles. The van der Waals surface area contributed by atoms with Crippen LogP contribution in [0.4, 0.5) is 11.4 Å². The summed E-state index contributed by atoms with van der Waals surface area (Å²) in [5.41, 5.74) is 16.0. The molecule has 12 rings (SSSR count). The van der Waals surface area contributed by atoms with Crippen LogP contribution < -0.4 is 4.90 Å². The maximum atomic E-state index is 6.75. The fraction of sp³-hybridized carbons (Fsp3) is 0.0800. The molecule has 1 unspecified atom stereocenters. The van der Waals surface area contributed by atoms with Crippen LogP contribution in [-0.4, -0.2) is 4.57 Å². The van der Waals surface area contributed by atoms with Gasteiger partial charge in [0.2, 0.25) is 0 Å². The minimum Gasteiger partial charge on any atom is -0.454 e. The van der Waals surface area contributed by atoms with E-state index in [9.17, 15) is 0 Å². The van der Waals surface area contributed by atoms with Gasteiger partial charge in [0.15, 0.2) is 5.58 Å². The summed E-state index contributed by atoms with van der Waals surface area (Å²) in [5.74, 6) is 0.352. The quantitative estimate of drug-likeness (QED) is 0.185. The number of fused-ring (bicyclic) bond motifs is 11. The van der Waals surface area contributed by atoms with Crippen LogP contribution in [0.15, 0.2) is 168 Å². The molecular formula is C50H34N2O. The summed E-state index contributed by atoms with van der Waals surface area (Å²) in [6.07, 6.45) is 12.7. The van der Waals surface area contributed by atoms with Crippen LogP contribution in [0.1, 0.15) is 41.0 Å². The molecule has 0 bridgehead atoms. The van der Waals surface area contributed by atoms with Crippen molar-refractivity contribution in [3.63, 3.8) is 0 Å². The monoisotopic (exact) mass is 678 g/mol. The van der Waals surface area contributed by atoms with E-state index in [2.05, 4.69) is 173 Å². The lowest BCUT2D eigenvalue weighted by Crippen LogP contribution is -2.18. The minimum atomic E-state index is 0.352. The second-order valence-electron chi connectivity index (χ2n) is 14.7. The second kappa shape index (κ2) is 11.0. The summed E-state index contributed by atoms with van der Waals surface area (Å²) in [7, 11) is 0. The fourth-order valence-corrected chi connectivity index (χ4v) is 9.68. The Morgan fingerprint density at radius 2 is 1.49 bits per heavy atom. The average molecular weight is 679 g/mol. The molecule has 0 fully saturated rings. The molecule has 2 aromatic heterocycles. The van der Waals surface area contributed by atoms with Crippen molar-refractivity contribution in [1.82, 2.24) is 4.57 Å². The molecule has 53 heavy (non-hydrogen) atoms. The number of anilines is 2. The van der Waals surface area contributed by atoms with Crippen molar-refractivity contribution >= 4 is 77.5 Å². The Morgan fingerprint density at radius 1 is 0.679 bits per heavy atom. The highest BCUT2D eigenvalue weighted by molar-refractivity contribution is 6.13. The van der Waals surface area contributed by atoms with E-state index in [0.29, 0.717) is 5.92 Å². The van der Waals surface area contributed by atoms with E-state index in [-0.39, 0.29) is 0 Å². The molecule has 0 aliphatic heterocycles. The maximum absolute atomic E-state index is 6.75. The second-order valence-corrected chi connectivity index (χ2v) is 14.7. The van der Waals surface area contributed by atoms with E-state index in [0.717, 1.165) is 58.3 Å². The van der Waals surface area contributed by atoms with Gasteiger partial charge in [-0.05, 0) is 119 Å². The third-order valence-electron chi connectivity index (χ3n) is 11.9. The number of allylic oxidation sites excluding steroid dienone is 4. The molecular weight excluding hydrogens is 645 g/mol. The molecule has 3 nitrogen and oxygen atoms in total. The first-order valence-corrected chi connectivity index (χ1v) is 18.8. The Labute approximate surface area is 307 Å². The van der Waals surface area contributed by atoms with Gasteiger partial charge < -0.3 is 13.9 Å². The number of furan rings is 1. The van der Waals surface area contributed by atoms with Crippen molar-refractivity contribution in [3.05, 3.63) is 186 Å². The summed E-state index contributed by atoms with van der Waals surface area (Å²) in [6, 6.07) is 50.8. The molecule has 3 aliphatic rings. The van der Waals surface area contributed by atoms with Crippen molar-refractivity contribution in [2.24, 2.45) is 0 Å². The molecule has 7 aromatic carbocycles. The number of hydrogen-bond acceptors (Lipinski definition) is 2. The first kappa shape index (κ1) is 29.0. The van der Waals surface area contributed by atoms with Crippen LogP contribution in [0.2, 0.25) is 0 Å². The molecule has 0 saturated heterocycles. The number of rotatable bonds is 4. The number of aromatic nitrogens is 1. The molecule has 0 amide bonds. The lowest BCUT2D eigenvalue weighted by molar-refractivity contribution is 0.668. The summed E-state index contributed by atoms with van der Waals surface area (Å²) in [4.78, 5) is 2.46. The predicted octanol–water partition coefficient (Wildman–Crippen LogP) is 13.4. The Kier molecular flexibility index (Phi) is 6.01. The highest BCUT2D eigenvalue weighted by Crippen LogP contribution is 2.54. The molecule has 0 N–H and O–H groups in total. The van der Waals surface area contributed by atoms with E-state index in [1.165, 1.54) is 66.1 Å². The van der Waals surface area contributed by atoms with E-state index < -0.39 is 0 Å². The summed E-state index contributed by atoms with van der Waals surface area (Å²) >= 11 is 0. The summed E-state index contributed by atoms with van der Waals surface area (Å²) < 4.78 is 9.14. The smallest absolute Gasteiger partial charge is 0.159 e. The van der Waals surface area contributed by atoms with E-state index in [1.807, 2.05) is 0 Å². The number of nitrogens with zero attached hydrogens (tertiary/aromatic N) is 2. The van der Waals surface area contributed by atoms with Crippen LogP contribution in [0.5, 0.6) is 0 Å². The number of benzene rings is 7. The normalized spacial score (nSPS) is 16.0. The topological polar surface area (TPSA) is 21.3 Å². The van der Waals surface area contributed by atoms with Gasteiger partial charge in [-0.15, -0.1) is 0 Å². The van der Waals surface area contributed by atoms with Crippen molar-refractivity contribution in [2.75, 3.05) is 4.90 Å². The Bertz CT molecular complexity index is 3100. The first-order valence-electron chi connectivity index (χ1n) is 18.8. The number of hydrogen-bond donors (Lipinski definition) is 0. The molecule has 0 saturated carbocycles. The average Bonchev–Trinajstić information content (AvgIpc) is 3.87. The van der Waals surface area contributed by atoms with Gasteiger partial charge in [-0.3, -0.25) is 0 Å². The van der Waals surface area contributed by atoms with Crippen LogP contribution in [0, 0.1) is 0 Å². The van der Waals surface area contributed by atoms with Gasteiger partial charge >= 0.3 is 0 Å². The molecule has 1 atom stereocenters. The maximum Gasteiger partial charge on any atom is 0.159 e. The van der Waals surface area contributed by atoms with Crippen molar-refractivity contribution in [1.29, 1.82) is 0 Å². The first-order chi connectivity index (χ1) is 26.3. The summed E-state index contributed by atoms with van der Waals surface area (Å²) in [5, 5.41) is 7.54. The standard InChI is InChI=1S/C50H34N2O/c1-2-14-33(15-3-1)52-44-21-8-6-17-38(44)42-29-35(25-27-45(42)52)51(46-22-11-20-41-39-18-7-9-23-47(39)53-50(41)46)34-24-26-37-40-19-10-13-32-28-31-12-4-5-16-36(31)49(48(32)40)43(37)30-34/h1-4,6-15,17-25,27-30,37H,5,16,26H2. The van der Waals surface area contributed by atoms with Gasteiger partial charge in [-0.25, -0.2) is 0 Å². The lowest BCUT2D eigenvalue weighted by Gasteiger charge is -2.30. The van der Waals surface area contributed by atoms with Crippen LogP contribution in [0.3, 0.4) is 0 Å². The van der Waals surface area contributed by atoms with Crippen molar-refractivity contribution in [3.8, 4) is 5.69 Å². The van der Waals surface area contributed by atoms with Crippen molar-refractivity contribution < 1.29 is 4.42 Å². The van der Waals surface area contributed by atoms with Crippen molar-refractivity contribution in [2.45, 2.75) is 25.2 Å². The molecule has 0 radical (unpaired) electrons. The molecule has 9 aromatic rings. The molecule has 0 spiro atoms. The highest BCUT2D eigenvalue weighted by Gasteiger charge is 2.35. The molecule has 250 valence electrons. The molecule has 3 aliphatic carbocycles. The Balaban J connectivity index is 1.12. The number of para-hydroxylation sites is 4. The van der Waals surface area contributed by atoms with E-state index in [4.69, 9.17) is 4.42 Å². The van der Waals surface area contributed by atoms with Gasteiger partial charge in [-0.1, -0.05) is 103 Å². The van der Waals surface area contributed by atoms with Crippen LogP contribution >= 0.6 is 0 Å². The summed E-state index contributed by atoms with van der Waals surface area (Å²) in [6.45, 7) is 0. The molecule has 3 heteroatoms. The van der Waals surface area contributed by atoms with Gasteiger partial charge in [0.25, 0.3) is 0 Å². The Hall–Kier alpha value is -6.58. The third-order valence-corrected chi connectivity index (χ3v) is 11.9. The van der Waals surface area contributed by atoms with Gasteiger partial charge in [0.05, 0.1) is 16.7 Å². The third kappa shape index (κ3) is 4.11. The lowest BCUT2D eigenvalue weighted by atomic mass is 9.84. The highest BCUT2D eigenvalue weighted by atomic mass is 16.3.